The first-order valence-corrected chi connectivity index (χ1v) is 8.90. The fraction of sp³-hybridized carbons (Fsp3) is 0.143. The molecule has 0 aliphatic rings. The van der Waals surface area contributed by atoms with Crippen molar-refractivity contribution in [3.05, 3.63) is 71.0 Å². The molecule has 0 saturated carbocycles. The predicted octanol–water partition coefficient (Wildman–Crippen LogP) is 5.06. The Hall–Kier alpha value is -3.25. The van der Waals surface area contributed by atoms with Crippen molar-refractivity contribution >= 4 is 34.6 Å². The number of aromatic nitrogens is 1. The van der Waals surface area contributed by atoms with Gasteiger partial charge in [0.1, 0.15) is 17.2 Å². The van der Waals surface area contributed by atoms with Gasteiger partial charge in [0.15, 0.2) is 0 Å². The van der Waals surface area contributed by atoms with E-state index >= 15 is 0 Å². The van der Waals surface area contributed by atoms with E-state index in [0.29, 0.717) is 27.9 Å². The summed E-state index contributed by atoms with van der Waals surface area (Å²) in [6.07, 6.45) is 1.59. The van der Waals surface area contributed by atoms with Gasteiger partial charge in [0.2, 0.25) is 0 Å². The molecule has 2 N–H and O–H groups in total. The largest absolute Gasteiger partial charge is 0.497 e. The molecule has 0 spiro atoms. The SMILES string of the molecule is COc1cccc(NC(=O)c2ccc(Nc3cc(C)c(Cl)cc3OC)cn2)c1. The van der Waals surface area contributed by atoms with Crippen LogP contribution in [0.2, 0.25) is 5.02 Å². The number of carbonyl (C=O) groups is 1. The number of amides is 1. The molecule has 7 heteroatoms. The van der Waals surface area contributed by atoms with Crippen LogP contribution in [0, 0.1) is 6.92 Å². The molecule has 0 saturated heterocycles. The Balaban J connectivity index is 1.73. The van der Waals surface area contributed by atoms with Gasteiger partial charge in [-0.25, -0.2) is 4.98 Å². The molecule has 3 rings (SSSR count). The van der Waals surface area contributed by atoms with Crippen LogP contribution in [0.3, 0.4) is 0 Å². The number of carbonyl (C=O) groups excluding carboxylic acids is 1. The molecule has 0 aliphatic carbocycles. The zero-order chi connectivity index (χ0) is 20.1. The summed E-state index contributed by atoms with van der Waals surface area (Å²) >= 11 is 6.14. The van der Waals surface area contributed by atoms with Crippen molar-refractivity contribution in [1.82, 2.24) is 4.98 Å². The summed E-state index contributed by atoms with van der Waals surface area (Å²) in [6.45, 7) is 1.91. The summed E-state index contributed by atoms with van der Waals surface area (Å²) < 4.78 is 10.5. The number of halogens is 1. The van der Waals surface area contributed by atoms with Gasteiger partial charge in [-0.2, -0.15) is 0 Å². The third-order valence-electron chi connectivity index (χ3n) is 4.08. The molecule has 1 amide bonds. The Labute approximate surface area is 168 Å². The summed E-state index contributed by atoms with van der Waals surface area (Å²) in [5.41, 5.74) is 3.34. The summed E-state index contributed by atoms with van der Waals surface area (Å²) in [4.78, 5) is 16.6. The maximum absolute atomic E-state index is 12.4. The molecular weight excluding hydrogens is 378 g/mol. The fourth-order valence-electron chi connectivity index (χ4n) is 2.58. The van der Waals surface area contributed by atoms with Crippen molar-refractivity contribution in [2.24, 2.45) is 0 Å². The molecule has 1 aromatic heterocycles. The molecule has 6 nitrogen and oxygen atoms in total. The van der Waals surface area contributed by atoms with Crippen LogP contribution in [0.4, 0.5) is 17.1 Å². The molecule has 0 aliphatic heterocycles. The van der Waals surface area contributed by atoms with E-state index in [0.717, 1.165) is 16.9 Å². The van der Waals surface area contributed by atoms with E-state index in [4.69, 9.17) is 21.1 Å². The van der Waals surface area contributed by atoms with Gasteiger partial charge < -0.3 is 20.1 Å². The standard InChI is InChI=1S/C21H20ClN3O3/c1-13-9-19(20(28-3)11-17(13)22)24-15-7-8-18(23-12-15)21(26)25-14-5-4-6-16(10-14)27-2/h4-12,24H,1-3H3,(H,25,26). The molecule has 144 valence electrons. The Bertz CT molecular complexity index is 991. The lowest BCUT2D eigenvalue weighted by Gasteiger charge is -2.13. The predicted molar refractivity (Wildman–Crippen MR) is 111 cm³/mol. The van der Waals surface area contributed by atoms with Crippen molar-refractivity contribution in [2.45, 2.75) is 6.92 Å². The van der Waals surface area contributed by atoms with Crippen LogP contribution in [0.5, 0.6) is 11.5 Å². The van der Waals surface area contributed by atoms with Gasteiger partial charge in [-0.05, 0) is 42.8 Å². The number of ether oxygens (including phenoxy) is 2. The summed E-state index contributed by atoms with van der Waals surface area (Å²) in [6, 6.07) is 14.2. The lowest BCUT2D eigenvalue weighted by Crippen LogP contribution is -2.13. The third kappa shape index (κ3) is 4.53. The molecule has 0 bridgehead atoms. The van der Waals surface area contributed by atoms with E-state index in [2.05, 4.69) is 15.6 Å². The average molecular weight is 398 g/mol. The molecule has 0 radical (unpaired) electrons. The van der Waals surface area contributed by atoms with Gasteiger partial charge in [0.25, 0.3) is 5.91 Å². The molecule has 0 atom stereocenters. The highest BCUT2D eigenvalue weighted by Crippen LogP contribution is 2.32. The number of aryl methyl sites for hydroxylation is 1. The molecule has 28 heavy (non-hydrogen) atoms. The highest BCUT2D eigenvalue weighted by molar-refractivity contribution is 6.31. The highest BCUT2D eigenvalue weighted by atomic mass is 35.5. The number of anilines is 3. The number of nitrogens with one attached hydrogen (secondary N) is 2. The lowest BCUT2D eigenvalue weighted by atomic mass is 10.2. The van der Waals surface area contributed by atoms with Crippen LogP contribution in [0.15, 0.2) is 54.7 Å². The van der Waals surface area contributed by atoms with Crippen LogP contribution in [0.25, 0.3) is 0 Å². The molecule has 2 aromatic carbocycles. The highest BCUT2D eigenvalue weighted by Gasteiger charge is 2.10. The first-order chi connectivity index (χ1) is 13.5. The second-order valence-corrected chi connectivity index (χ2v) is 6.45. The zero-order valence-electron chi connectivity index (χ0n) is 15.7. The number of hydrogen-bond donors (Lipinski definition) is 2. The minimum absolute atomic E-state index is 0.299. The smallest absolute Gasteiger partial charge is 0.274 e. The number of hydrogen-bond acceptors (Lipinski definition) is 5. The van der Waals surface area contributed by atoms with Gasteiger partial charge in [0, 0.05) is 22.8 Å². The van der Waals surface area contributed by atoms with Crippen LogP contribution in [-0.2, 0) is 0 Å². The minimum Gasteiger partial charge on any atom is -0.497 e. The van der Waals surface area contributed by atoms with Crippen molar-refractivity contribution in [3.63, 3.8) is 0 Å². The van der Waals surface area contributed by atoms with E-state index in [-0.39, 0.29) is 5.91 Å². The molecule has 1 heterocycles. The van der Waals surface area contributed by atoms with Crippen molar-refractivity contribution < 1.29 is 14.3 Å². The Kier molecular flexibility index (Phi) is 6.01. The van der Waals surface area contributed by atoms with Crippen LogP contribution in [0.1, 0.15) is 16.1 Å². The van der Waals surface area contributed by atoms with Gasteiger partial charge in [-0.3, -0.25) is 4.79 Å². The van der Waals surface area contributed by atoms with E-state index in [1.165, 1.54) is 0 Å². The lowest BCUT2D eigenvalue weighted by molar-refractivity contribution is 0.102. The van der Waals surface area contributed by atoms with E-state index in [9.17, 15) is 4.79 Å². The van der Waals surface area contributed by atoms with E-state index in [1.807, 2.05) is 13.0 Å². The number of pyridine rings is 1. The van der Waals surface area contributed by atoms with Crippen LogP contribution >= 0.6 is 11.6 Å². The first kappa shape index (κ1) is 19.5. The second kappa shape index (κ2) is 8.63. The summed E-state index contributed by atoms with van der Waals surface area (Å²) in [5.74, 6) is 0.979. The van der Waals surface area contributed by atoms with Gasteiger partial charge >= 0.3 is 0 Å². The number of rotatable bonds is 6. The van der Waals surface area contributed by atoms with Crippen molar-refractivity contribution in [3.8, 4) is 11.5 Å². The fourth-order valence-corrected chi connectivity index (χ4v) is 2.74. The van der Waals surface area contributed by atoms with Crippen LogP contribution in [-0.4, -0.2) is 25.1 Å². The van der Waals surface area contributed by atoms with Gasteiger partial charge in [-0.15, -0.1) is 0 Å². The summed E-state index contributed by atoms with van der Waals surface area (Å²) in [7, 11) is 3.15. The minimum atomic E-state index is -0.306. The molecular formula is C21H20ClN3O3. The van der Waals surface area contributed by atoms with Gasteiger partial charge in [-0.1, -0.05) is 17.7 Å². The molecule has 0 fully saturated rings. The average Bonchev–Trinajstić information content (AvgIpc) is 2.71. The molecule has 3 aromatic rings. The Morgan fingerprint density at radius 1 is 1.04 bits per heavy atom. The monoisotopic (exact) mass is 397 g/mol. The second-order valence-electron chi connectivity index (χ2n) is 6.04. The van der Waals surface area contributed by atoms with E-state index < -0.39 is 0 Å². The quantitative estimate of drug-likeness (QED) is 0.608. The summed E-state index contributed by atoms with van der Waals surface area (Å²) in [5, 5.41) is 6.66. The van der Waals surface area contributed by atoms with Crippen molar-refractivity contribution in [1.29, 1.82) is 0 Å². The van der Waals surface area contributed by atoms with Crippen molar-refractivity contribution in [2.75, 3.05) is 24.9 Å². The normalized spacial score (nSPS) is 10.3. The van der Waals surface area contributed by atoms with Crippen LogP contribution < -0.4 is 20.1 Å². The molecule has 0 unspecified atom stereocenters. The van der Waals surface area contributed by atoms with E-state index in [1.54, 1.807) is 62.9 Å². The Morgan fingerprint density at radius 3 is 2.54 bits per heavy atom. The first-order valence-electron chi connectivity index (χ1n) is 8.53. The maximum atomic E-state index is 12.4. The topological polar surface area (TPSA) is 72.5 Å². The zero-order valence-corrected chi connectivity index (χ0v) is 16.5. The Morgan fingerprint density at radius 2 is 1.86 bits per heavy atom. The number of methoxy groups -OCH3 is 2. The number of nitrogens with zero attached hydrogens (tertiary/aromatic N) is 1. The van der Waals surface area contributed by atoms with Gasteiger partial charge in [0.05, 0.1) is 31.8 Å². The maximum Gasteiger partial charge on any atom is 0.274 e. The third-order valence-corrected chi connectivity index (χ3v) is 4.49. The number of benzene rings is 2.